The highest BCUT2D eigenvalue weighted by molar-refractivity contribution is 7.80. The van der Waals surface area contributed by atoms with Crippen molar-refractivity contribution in [1.82, 2.24) is 16.0 Å². The van der Waals surface area contributed by atoms with E-state index < -0.39 is 48.4 Å². The second-order valence-electron chi connectivity index (χ2n) is 6.62. The van der Waals surface area contributed by atoms with Gasteiger partial charge in [-0.3, -0.25) is 19.2 Å². The van der Waals surface area contributed by atoms with Crippen molar-refractivity contribution in [3.63, 3.8) is 0 Å². The summed E-state index contributed by atoms with van der Waals surface area (Å²) in [4.78, 5) is 47.6. The van der Waals surface area contributed by atoms with Crippen LogP contribution in [0.15, 0.2) is 0 Å². The zero-order valence-electron chi connectivity index (χ0n) is 16.4. The largest absolute Gasteiger partial charge is 0.480 e. The first-order valence-electron chi connectivity index (χ1n) is 9.34. The molecule has 4 unspecified atom stereocenters. The number of unbranched alkanes of at least 4 members (excludes halogenated alkanes) is 1. The molecule has 0 saturated heterocycles. The van der Waals surface area contributed by atoms with Gasteiger partial charge in [-0.2, -0.15) is 12.6 Å². The Balaban J connectivity index is 4.92. The molecule has 162 valence electrons. The van der Waals surface area contributed by atoms with Crippen LogP contribution >= 0.6 is 12.6 Å². The van der Waals surface area contributed by atoms with Gasteiger partial charge in [0, 0.05) is 5.75 Å². The van der Waals surface area contributed by atoms with Gasteiger partial charge in [0.05, 0.1) is 6.04 Å². The van der Waals surface area contributed by atoms with Crippen LogP contribution in [0.4, 0.5) is 0 Å². The number of carbonyl (C=O) groups is 4. The molecule has 4 atom stereocenters. The predicted molar refractivity (Wildman–Crippen MR) is 109 cm³/mol. The van der Waals surface area contributed by atoms with Crippen molar-refractivity contribution in [2.24, 2.45) is 17.4 Å². The Morgan fingerprint density at radius 3 is 2.21 bits per heavy atom. The highest BCUT2D eigenvalue weighted by atomic mass is 32.1. The molecule has 0 fully saturated rings. The normalized spacial score (nSPS) is 15.0. The summed E-state index contributed by atoms with van der Waals surface area (Å²) in [7, 11) is 0. The van der Waals surface area contributed by atoms with E-state index >= 15 is 0 Å². The fourth-order valence-electron chi connectivity index (χ4n) is 2.34. The zero-order chi connectivity index (χ0) is 21.7. The Hall–Kier alpha value is -1.85. The number of aliphatic carboxylic acids is 1. The number of carbonyl (C=O) groups excluding carboxylic acids is 3. The van der Waals surface area contributed by atoms with E-state index in [-0.39, 0.29) is 11.7 Å². The number of hydrogen-bond donors (Lipinski definition) is 7. The molecule has 0 spiro atoms. The van der Waals surface area contributed by atoms with Crippen LogP contribution < -0.4 is 27.4 Å². The average molecular weight is 420 g/mol. The maximum absolute atomic E-state index is 12.5. The van der Waals surface area contributed by atoms with Gasteiger partial charge >= 0.3 is 5.97 Å². The highest BCUT2D eigenvalue weighted by Gasteiger charge is 2.30. The lowest BCUT2D eigenvalue weighted by atomic mass is 9.98. The van der Waals surface area contributed by atoms with Gasteiger partial charge in [0.1, 0.15) is 18.6 Å². The molecule has 0 radical (unpaired) electrons. The maximum atomic E-state index is 12.5. The minimum Gasteiger partial charge on any atom is -0.480 e. The second kappa shape index (κ2) is 14.2. The Morgan fingerprint density at radius 2 is 1.71 bits per heavy atom. The fraction of sp³-hybridized carbons (Fsp3) is 0.765. The topological polar surface area (TPSA) is 177 Å². The molecule has 0 aliphatic rings. The molecule has 0 aliphatic heterocycles. The standard InChI is InChI=1S/C17H33N5O5S/c1-3-10(2)14(17(27)20-8-13(23)24)22-16(26)12(9-28)21-15(25)11(19)6-4-5-7-18/h10-12,14,28H,3-9,18-19H2,1-2H3,(H,20,27)(H,21,25)(H,22,26)(H,23,24). The van der Waals surface area contributed by atoms with Crippen LogP contribution in [0, 0.1) is 5.92 Å². The van der Waals surface area contributed by atoms with Crippen LogP contribution in [-0.4, -0.2) is 65.8 Å². The monoisotopic (exact) mass is 419 g/mol. The molecule has 0 aromatic rings. The van der Waals surface area contributed by atoms with Crippen LogP contribution in [0.3, 0.4) is 0 Å². The Bertz CT molecular complexity index is 534. The van der Waals surface area contributed by atoms with E-state index in [4.69, 9.17) is 16.6 Å². The summed E-state index contributed by atoms with van der Waals surface area (Å²) in [5, 5.41) is 16.1. The van der Waals surface area contributed by atoms with E-state index in [9.17, 15) is 19.2 Å². The van der Waals surface area contributed by atoms with E-state index in [2.05, 4.69) is 28.6 Å². The first-order valence-corrected chi connectivity index (χ1v) is 9.97. The van der Waals surface area contributed by atoms with Gasteiger partial charge in [-0.25, -0.2) is 0 Å². The summed E-state index contributed by atoms with van der Waals surface area (Å²) in [5.74, 6) is -3.10. The van der Waals surface area contributed by atoms with Gasteiger partial charge in [0.25, 0.3) is 0 Å². The molecule has 0 aromatic heterocycles. The van der Waals surface area contributed by atoms with Crippen LogP contribution in [0.25, 0.3) is 0 Å². The molecule has 0 bridgehead atoms. The Morgan fingerprint density at radius 1 is 1.07 bits per heavy atom. The Labute approximate surface area is 171 Å². The van der Waals surface area contributed by atoms with Crippen molar-refractivity contribution in [3.05, 3.63) is 0 Å². The van der Waals surface area contributed by atoms with Crippen molar-refractivity contribution in [1.29, 1.82) is 0 Å². The van der Waals surface area contributed by atoms with Gasteiger partial charge in [0.15, 0.2) is 0 Å². The average Bonchev–Trinajstić information content (AvgIpc) is 2.67. The van der Waals surface area contributed by atoms with Gasteiger partial charge < -0.3 is 32.5 Å². The molecule has 0 aliphatic carbocycles. The lowest BCUT2D eigenvalue weighted by Crippen LogP contribution is -2.58. The Kier molecular flexibility index (Phi) is 13.3. The highest BCUT2D eigenvalue weighted by Crippen LogP contribution is 2.09. The minimum absolute atomic E-state index is 0.0110. The zero-order valence-corrected chi connectivity index (χ0v) is 17.3. The molecule has 8 N–H and O–H groups in total. The van der Waals surface area contributed by atoms with E-state index in [1.807, 2.05) is 6.92 Å². The molecule has 3 amide bonds. The summed E-state index contributed by atoms with van der Waals surface area (Å²) < 4.78 is 0. The number of carboxylic acids is 1. The smallest absolute Gasteiger partial charge is 0.322 e. The number of nitrogens with one attached hydrogen (secondary N) is 3. The van der Waals surface area contributed by atoms with E-state index in [0.29, 0.717) is 25.8 Å². The molecular formula is C17H33N5O5S. The summed E-state index contributed by atoms with van der Waals surface area (Å²) >= 11 is 4.09. The molecule has 0 heterocycles. The third kappa shape index (κ3) is 9.90. The first kappa shape index (κ1) is 26.1. The SMILES string of the molecule is CCC(C)C(NC(=O)C(CS)NC(=O)C(N)CCCCN)C(=O)NCC(=O)O. The predicted octanol–water partition coefficient (Wildman–Crippen LogP) is -1.41. The molecule has 28 heavy (non-hydrogen) atoms. The number of carboxylic acid groups (broad SMARTS) is 1. The van der Waals surface area contributed by atoms with Crippen molar-refractivity contribution >= 4 is 36.3 Å². The number of thiol groups is 1. The quantitative estimate of drug-likeness (QED) is 0.134. The third-order valence-corrected chi connectivity index (χ3v) is 4.69. The summed E-state index contributed by atoms with van der Waals surface area (Å²) in [5.41, 5.74) is 11.2. The number of nitrogens with two attached hydrogens (primary N) is 2. The lowest BCUT2D eigenvalue weighted by molar-refractivity contribution is -0.139. The maximum Gasteiger partial charge on any atom is 0.322 e. The van der Waals surface area contributed by atoms with Crippen molar-refractivity contribution in [2.45, 2.75) is 57.7 Å². The van der Waals surface area contributed by atoms with Gasteiger partial charge in [-0.15, -0.1) is 0 Å². The van der Waals surface area contributed by atoms with Crippen LogP contribution in [0.2, 0.25) is 0 Å². The van der Waals surface area contributed by atoms with Crippen molar-refractivity contribution in [2.75, 3.05) is 18.8 Å². The van der Waals surface area contributed by atoms with Crippen LogP contribution in [0.1, 0.15) is 39.5 Å². The van der Waals surface area contributed by atoms with Crippen LogP contribution in [0.5, 0.6) is 0 Å². The van der Waals surface area contributed by atoms with Gasteiger partial charge in [-0.1, -0.05) is 26.7 Å². The third-order valence-electron chi connectivity index (χ3n) is 4.33. The van der Waals surface area contributed by atoms with E-state index in [0.717, 1.165) is 6.42 Å². The molecule has 0 saturated carbocycles. The van der Waals surface area contributed by atoms with Crippen LogP contribution in [-0.2, 0) is 19.2 Å². The fourth-order valence-corrected chi connectivity index (χ4v) is 2.60. The molecular weight excluding hydrogens is 386 g/mol. The van der Waals surface area contributed by atoms with Gasteiger partial charge in [-0.05, 0) is 25.3 Å². The molecule has 10 nitrogen and oxygen atoms in total. The lowest BCUT2D eigenvalue weighted by Gasteiger charge is -2.26. The number of amides is 3. The van der Waals surface area contributed by atoms with Crippen molar-refractivity contribution in [3.8, 4) is 0 Å². The molecule has 0 aromatic carbocycles. The first-order chi connectivity index (χ1) is 13.2. The number of rotatable bonds is 14. The molecule has 11 heteroatoms. The number of hydrogen-bond acceptors (Lipinski definition) is 7. The van der Waals surface area contributed by atoms with E-state index in [1.54, 1.807) is 6.92 Å². The second-order valence-corrected chi connectivity index (χ2v) is 6.98. The summed E-state index contributed by atoms with van der Waals surface area (Å²) in [6.07, 6.45) is 2.47. The van der Waals surface area contributed by atoms with E-state index in [1.165, 1.54) is 0 Å². The van der Waals surface area contributed by atoms with Crippen molar-refractivity contribution < 1.29 is 24.3 Å². The molecule has 0 rings (SSSR count). The van der Waals surface area contributed by atoms with Gasteiger partial charge in [0.2, 0.25) is 17.7 Å². The minimum atomic E-state index is -1.19. The summed E-state index contributed by atoms with van der Waals surface area (Å²) in [6, 6.07) is -2.68. The summed E-state index contributed by atoms with van der Waals surface area (Å²) in [6.45, 7) is 3.56.